The number of carbonyl (C=O) groups is 3. The highest BCUT2D eigenvalue weighted by atomic mass is 16.6. The molecule has 178 valence electrons. The Hall–Kier alpha value is -4.73. The molecule has 0 unspecified atom stereocenters. The molecule has 2 N–H and O–H groups in total. The van der Waals surface area contributed by atoms with E-state index in [1.165, 1.54) is 24.3 Å². The second kappa shape index (κ2) is 10.5. The molecular formula is C25H21N3O7. The summed E-state index contributed by atoms with van der Waals surface area (Å²) in [6.45, 7) is -0.716. The van der Waals surface area contributed by atoms with Gasteiger partial charge >= 0.3 is 12.1 Å². The van der Waals surface area contributed by atoms with Crippen molar-refractivity contribution in [3.05, 3.63) is 94.0 Å². The number of hydrogen-bond acceptors (Lipinski definition) is 7. The summed E-state index contributed by atoms with van der Waals surface area (Å²) in [7, 11) is 0. The molecule has 0 saturated heterocycles. The summed E-state index contributed by atoms with van der Waals surface area (Å²) >= 11 is 0. The molecule has 10 heteroatoms. The summed E-state index contributed by atoms with van der Waals surface area (Å²) in [5.74, 6) is -1.38. The Bertz CT molecular complexity index is 1230. The molecule has 0 aliphatic heterocycles. The summed E-state index contributed by atoms with van der Waals surface area (Å²) in [6, 6.07) is 20.8. The molecule has 3 aromatic rings. The third kappa shape index (κ3) is 5.61. The highest BCUT2D eigenvalue weighted by molar-refractivity contribution is 5.86. The van der Waals surface area contributed by atoms with Crippen LogP contribution in [0.25, 0.3) is 11.1 Å². The van der Waals surface area contributed by atoms with E-state index in [0.29, 0.717) is 0 Å². The SMILES string of the molecule is O=C(CNC(=O)OCC1c2ccccc2-c2ccccc21)NCC(=O)Oc1ccc([N+](=O)[O-])cc1. The lowest BCUT2D eigenvalue weighted by atomic mass is 9.98. The van der Waals surface area contributed by atoms with Gasteiger partial charge in [-0.2, -0.15) is 0 Å². The standard InChI is InChI=1S/C25H21N3O7/c29-23(26-14-24(30)35-17-11-9-16(10-12-17)28(32)33)13-27-25(31)34-15-22-20-7-3-1-5-18(20)19-6-2-4-8-21(19)22/h1-12,22H,13-15H2,(H,26,29)(H,27,31). The van der Waals surface area contributed by atoms with E-state index in [0.717, 1.165) is 22.3 Å². The number of nitrogens with zero attached hydrogens (tertiary/aromatic N) is 1. The quantitative estimate of drug-likeness (QED) is 0.221. The van der Waals surface area contributed by atoms with Crippen molar-refractivity contribution in [3.63, 3.8) is 0 Å². The first-order valence-electron chi connectivity index (χ1n) is 10.7. The van der Waals surface area contributed by atoms with Gasteiger partial charge in [-0.25, -0.2) is 9.59 Å². The maximum Gasteiger partial charge on any atom is 0.407 e. The number of nitro benzene ring substituents is 1. The Labute approximate surface area is 200 Å². The van der Waals surface area contributed by atoms with E-state index < -0.39 is 29.4 Å². The van der Waals surface area contributed by atoms with Crippen molar-refractivity contribution in [2.24, 2.45) is 0 Å². The molecule has 0 bridgehead atoms. The molecule has 0 aromatic heterocycles. The zero-order chi connectivity index (χ0) is 24.8. The number of alkyl carbamates (subject to hydrolysis) is 1. The van der Waals surface area contributed by atoms with Crippen molar-refractivity contribution in [2.75, 3.05) is 19.7 Å². The molecule has 4 rings (SSSR count). The van der Waals surface area contributed by atoms with Gasteiger partial charge in [0.2, 0.25) is 5.91 Å². The largest absolute Gasteiger partial charge is 0.449 e. The maximum absolute atomic E-state index is 12.1. The molecule has 10 nitrogen and oxygen atoms in total. The predicted molar refractivity (Wildman–Crippen MR) is 125 cm³/mol. The van der Waals surface area contributed by atoms with Crippen LogP contribution in [0.3, 0.4) is 0 Å². The zero-order valence-corrected chi connectivity index (χ0v) is 18.4. The maximum atomic E-state index is 12.1. The summed E-state index contributed by atoms with van der Waals surface area (Å²) in [5, 5.41) is 15.3. The van der Waals surface area contributed by atoms with E-state index in [9.17, 15) is 24.5 Å². The van der Waals surface area contributed by atoms with Gasteiger partial charge in [-0.05, 0) is 34.4 Å². The molecule has 0 saturated carbocycles. The van der Waals surface area contributed by atoms with Crippen LogP contribution in [-0.4, -0.2) is 42.6 Å². The molecule has 35 heavy (non-hydrogen) atoms. The molecule has 0 heterocycles. The van der Waals surface area contributed by atoms with Crippen molar-refractivity contribution in [3.8, 4) is 16.9 Å². The molecule has 0 spiro atoms. The minimum absolute atomic E-state index is 0.101. The Morgan fingerprint density at radius 2 is 1.43 bits per heavy atom. The number of amides is 2. The number of nitro groups is 1. The van der Waals surface area contributed by atoms with Gasteiger partial charge in [0, 0.05) is 18.1 Å². The van der Waals surface area contributed by atoms with E-state index in [2.05, 4.69) is 10.6 Å². The van der Waals surface area contributed by atoms with E-state index in [4.69, 9.17) is 9.47 Å². The van der Waals surface area contributed by atoms with Gasteiger partial charge < -0.3 is 20.1 Å². The van der Waals surface area contributed by atoms with Gasteiger partial charge in [0.25, 0.3) is 5.69 Å². The lowest BCUT2D eigenvalue weighted by Gasteiger charge is -2.14. The van der Waals surface area contributed by atoms with Crippen LogP contribution >= 0.6 is 0 Å². The number of hydrogen-bond donors (Lipinski definition) is 2. The number of esters is 1. The van der Waals surface area contributed by atoms with Crippen molar-refractivity contribution < 1.29 is 28.8 Å². The minimum Gasteiger partial charge on any atom is -0.449 e. The molecule has 0 fully saturated rings. The van der Waals surface area contributed by atoms with Gasteiger partial charge in [-0.3, -0.25) is 14.9 Å². The zero-order valence-electron chi connectivity index (χ0n) is 18.4. The summed E-state index contributed by atoms with van der Waals surface area (Å²) in [4.78, 5) is 46.0. The molecule has 0 radical (unpaired) electrons. The number of fused-ring (bicyclic) bond motifs is 3. The Kier molecular flexibility index (Phi) is 7.01. The monoisotopic (exact) mass is 475 g/mol. The predicted octanol–water partition coefficient (Wildman–Crippen LogP) is 3.16. The molecule has 1 aliphatic carbocycles. The van der Waals surface area contributed by atoms with Crippen molar-refractivity contribution in [1.82, 2.24) is 10.6 Å². The highest BCUT2D eigenvalue weighted by Crippen LogP contribution is 2.44. The normalized spacial score (nSPS) is 11.7. The highest BCUT2D eigenvalue weighted by Gasteiger charge is 2.29. The number of rotatable bonds is 8. The van der Waals surface area contributed by atoms with E-state index >= 15 is 0 Å². The molecule has 0 atom stereocenters. The van der Waals surface area contributed by atoms with Crippen LogP contribution in [-0.2, 0) is 14.3 Å². The first-order chi connectivity index (χ1) is 16.9. The van der Waals surface area contributed by atoms with Crippen molar-refractivity contribution >= 4 is 23.7 Å². The number of carbonyl (C=O) groups excluding carboxylic acids is 3. The smallest absolute Gasteiger partial charge is 0.407 e. The van der Waals surface area contributed by atoms with E-state index in [1.54, 1.807) is 0 Å². The fourth-order valence-corrected chi connectivity index (χ4v) is 3.84. The number of benzene rings is 3. The molecule has 1 aliphatic rings. The average molecular weight is 475 g/mol. The summed E-state index contributed by atoms with van der Waals surface area (Å²) < 4.78 is 10.3. The summed E-state index contributed by atoms with van der Waals surface area (Å²) in [6.07, 6.45) is -0.754. The van der Waals surface area contributed by atoms with Crippen LogP contribution in [0.2, 0.25) is 0 Å². The van der Waals surface area contributed by atoms with Crippen molar-refractivity contribution in [2.45, 2.75) is 5.92 Å². The summed E-state index contributed by atoms with van der Waals surface area (Å²) in [5.41, 5.74) is 4.23. The lowest BCUT2D eigenvalue weighted by molar-refractivity contribution is -0.384. The van der Waals surface area contributed by atoms with Crippen LogP contribution in [0.1, 0.15) is 17.0 Å². The molecule has 3 aromatic carbocycles. The van der Waals surface area contributed by atoms with Crippen LogP contribution < -0.4 is 15.4 Å². The Balaban J connectivity index is 1.20. The average Bonchev–Trinajstić information content (AvgIpc) is 3.19. The minimum atomic E-state index is -0.770. The molecule has 2 amide bonds. The Morgan fingerprint density at radius 3 is 2.03 bits per heavy atom. The Morgan fingerprint density at radius 1 is 0.829 bits per heavy atom. The van der Waals surface area contributed by atoms with Gasteiger partial charge in [0.15, 0.2) is 0 Å². The third-order valence-electron chi connectivity index (χ3n) is 5.45. The van der Waals surface area contributed by atoms with Gasteiger partial charge in [0.1, 0.15) is 25.4 Å². The first-order valence-corrected chi connectivity index (χ1v) is 10.7. The van der Waals surface area contributed by atoms with Gasteiger partial charge in [0.05, 0.1) is 4.92 Å². The van der Waals surface area contributed by atoms with E-state index in [-0.39, 0.29) is 30.5 Å². The van der Waals surface area contributed by atoms with Crippen LogP contribution in [0.5, 0.6) is 5.75 Å². The third-order valence-corrected chi connectivity index (χ3v) is 5.45. The molecular weight excluding hydrogens is 454 g/mol. The van der Waals surface area contributed by atoms with Crippen LogP contribution in [0.4, 0.5) is 10.5 Å². The van der Waals surface area contributed by atoms with Crippen LogP contribution in [0, 0.1) is 10.1 Å². The number of nitrogens with one attached hydrogen (secondary N) is 2. The fourth-order valence-electron chi connectivity index (χ4n) is 3.84. The number of non-ortho nitro benzene ring substituents is 1. The van der Waals surface area contributed by atoms with Gasteiger partial charge in [-0.1, -0.05) is 48.5 Å². The lowest BCUT2D eigenvalue weighted by Crippen LogP contribution is -2.40. The number of ether oxygens (including phenoxy) is 2. The van der Waals surface area contributed by atoms with Crippen molar-refractivity contribution in [1.29, 1.82) is 0 Å². The first kappa shape index (κ1) is 23.4. The topological polar surface area (TPSA) is 137 Å². The van der Waals surface area contributed by atoms with Gasteiger partial charge in [-0.15, -0.1) is 0 Å². The van der Waals surface area contributed by atoms with Crippen LogP contribution in [0.15, 0.2) is 72.8 Å². The second-order valence-electron chi connectivity index (χ2n) is 7.68. The van der Waals surface area contributed by atoms with E-state index in [1.807, 2.05) is 48.5 Å². The fraction of sp³-hybridized carbons (Fsp3) is 0.160. The second-order valence-corrected chi connectivity index (χ2v) is 7.68.